The molecule has 2 aromatic heterocycles. The maximum atomic E-state index is 13.1. The highest BCUT2D eigenvalue weighted by molar-refractivity contribution is 7.91. The Morgan fingerprint density at radius 1 is 1.25 bits per heavy atom. The predicted octanol–water partition coefficient (Wildman–Crippen LogP) is 5.20. The summed E-state index contributed by atoms with van der Waals surface area (Å²) in [6, 6.07) is 13.0. The van der Waals surface area contributed by atoms with Crippen LogP contribution in [0, 0.1) is 5.41 Å². The van der Waals surface area contributed by atoms with Crippen molar-refractivity contribution in [1.29, 1.82) is 0 Å². The van der Waals surface area contributed by atoms with Gasteiger partial charge >= 0.3 is 0 Å². The minimum atomic E-state index is -3.07. The molecule has 5 rings (SSSR count). The highest BCUT2D eigenvalue weighted by Crippen LogP contribution is 2.38. The molecule has 3 heterocycles. The predicted molar refractivity (Wildman–Crippen MR) is 128 cm³/mol. The molecular formula is C23H20ClN3O3S2. The van der Waals surface area contributed by atoms with E-state index in [1.165, 1.54) is 11.3 Å². The molecule has 0 spiro atoms. The molecule has 1 unspecified atom stereocenters. The molecule has 0 bridgehead atoms. The first kappa shape index (κ1) is 21.3. The second-order valence-corrected chi connectivity index (χ2v) is 11.9. The van der Waals surface area contributed by atoms with Crippen molar-refractivity contribution >= 4 is 49.5 Å². The van der Waals surface area contributed by atoms with Gasteiger partial charge < -0.3 is 0 Å². The molecule has 0 N–H and O–H groups in total. The Balaban J connectivity index is 1.60. The van der Waals surface area contributed by atoms with Crippen LogP contribution in [-0.4, -0.2) is 40.5 Å². The molecule has 0 saturated carbocycles. The summed E-state index contributed by atoms with van der Waals surface area (Å²) in [4.78, 5) is 17.5. The first-order valence-electron chi connectivity index (χ1n) is 10.1. The molecule has 1 aliphatic rings. The molecule has 164 valence electrons. The molecule has 0 amide bonds. The molecule has 32 heavy (non-hydrogen) atoms. The van der Waals surface area contributed by atoms with E-state index in [1.54, 1.807) is 16.3 Å². The fraction of sp³-hybridized carbons (Fsp3) is 0.261. The average Bonchev–Trinajstić information content (AvgIpc) is 3.45. The average molecular weight is 486 g/mol. The number of thiazole rings is 1. The Labute approximate surface area is 194 Å². The van der Waals surface area contributed by atoms with E-state index in [-0.39, 0.29) is 23.7 Å². The van der Waals surface area contributed by atoms with Gasteiger partial charge in [-0.1, -0.05) is 42.8 Å². The number of benzene rings is 2. The van der Waals surface area contributed by atoms with Gasteiger partial charge in [0.15, 0.2) is 21.4 Å². The highest BCUT2D eigenvalue weighted by atomic mass is 35.5. The van der Waals surface area contributed by atoms with E-state index in [9.17, 15) is 13.2 Å². The van der Waals surface area contributed by atoms with E-state index in [2.05, 4.69) is 4.98 Å². The first-order valence-corrected chi connectivity index (χ1v) is 13.3. The molecule has 1 atom stereocenters. The molecule has 1 saturated heterocycles. The summed E-state index contributed by atoms with van der Waals surface area (Å²) in [6.07, 6.45) is 0.705. The van der Waals surface area contributed by atoms with Crippen LogP contribution in [0.25, 0.3) is 28.0 Å². The number of hydrogen-bond acceptors (Lipinski definition) is 6. The van der Waals surface area contributed by atoms with Crippen molar-refractivity contribution in [1.82, 2.24) is 14.8 Å². The van der Waals surface area contributed by atoms with Gasteiger partial charge in [0, 0.05) is 28.3 Å². The van der Waals surface area contributed by atoms with Crippen molar-refractivity contribution in [2.24, 2.45) is 5.41 Å². The maximum absolute atomic E-state index is 13.1. The van der Waals surface area contributed by atoms with Crippen molar-refractivity contribution in [3.63, 3.8) is 0 Å². The summed E-state index contributed by atoms with van der Waals surface area (Å²) in [7, 11) is -3.07. The van der Waals surface area contributed by atoms with Crippen molar-refractivity contribution in [3.8, 4) is 17.1 Å². The second-order valence-electron chi connectivity index (χ2n) is 8.57. The fourth-order valence-corrected chi connectivity index (χ4v) is 7.33. The third-order valence-electron chi connectivity index (χ3n) is 5.94. The number of halogens is 1. The van der Waals surface area contributed by atoms with E-state index < -0.39 is 15.3 Å². The zero-order valence-corrected chi connectivity index (χ0v) is 19.7. The van der Waals surface area contributed by atoms with Crippen LogP contribution in [0.2, 0.25) is 5.02 Å². The number of nitrogens with zero attached hydrogens (tertiary/aromatic N) is 3. The van der Waals surface area contributed by atoms with Crippen LogP contribution in [0.5, 0.6) is 0 Å². The van der Waals surface area contributed by atoms with Gasteiger partial charge in [0.2, 0.25) is 0 Å². The molecule has 1 fully saturated rings. The molecule has 2 aromatic carbocycles. The number of carbonyl (C=O) groups is 1. The van der Waals surface area contributed by atoms with Crippen LogP contribution in [0.3, 0.4) is 0 Å². The smallest absolute Gasteiger partial charge is 0.164 e. The molecule has 4 aromatic rings. The van der Waals surface area contributed by atoms with Crippen LogP contribution in [0.15, 0.2) is 53.4 Å². The fourth-order valence-electron chi connectivity index (χ4n) is 4.33. The Morgan fingerprint density at radius 3 is 2.75 bits per heavy atom. The van der Waals surface area contributed by atoms with Crippen LogP contribution in [0.4, 0.5) is 0 Å². The second kappa shape index (κ2) is 7.79. The lowest BCUT2D eigenvalue weighted by molar-refractivity contribution is 0.0934. The number of rotatable bonds is 5. The molecule has 0 radical (unpaired) electrons. The SMILES string of the molecule is CC1(CC(=O)c2ccc3c(-c4ccccc4Cl)nn(-c4cscn4)c3c2)CCS(=O)(=O)C1. The number of sulfone groups is 1. The monoisotopic (exact) mass is 485 g/mol. The summed E-state index contributed by atoms with van der Waals surface area (Å²) in [5.74, 6) is 0.795. The normalized spacial score (nSPS) is 20.1. The van der Waals surface area contributed by atoms with Crippen molar-refractivity contribution in [3.05, 3.63) is 63.9 Å². The number of carbonyl (C=O) groups excluding carboxylic acids is 1. The summed E-state index contributed by atoms with van der Waals surface area (Å²) >= 11 is 7.90. The number of hydrogen-bond donors (Lipinski definition) is 0. The Kier molecular flexibility index (Phi) is 5.19. The van der Waals surface area contributed by atoms with Crippen LogP contribution >= 0.6 is 22.9 Å². The van der Waals surface area contributed by atoms with Crippen LogP contribution in [0.1, 0.15) is 30.1 Å². The van der Waals surface area contributed by atoms with E-state index in [0.29, 0.717) is 28.5 Å². The van der Waals surface area contributed by atoms with E-state index in [1.807, 2.05) is 48.7 Å². The van der Waals surface area contributed by atoms with E-state index in [0.717, 1.165) is 16.5 Å². The lowest BCUT2D eigenvalue weighted by Crippen LogP contribution is -2.22. The zero-order chi connectivity index (χ0) is 22.5. The van der Waals surface area contributed by atoms with Crippen molar-refractivity contribution in [2.75, 3.05) is 11.5 Å². The molecule has 0 aliphatic carbocycles. The van der Waals surface area contributed by atoms with Gasteiger partial charge in [0.05, 0.1) is 27.6 Å². The topological polar surface area (TPSA) is 81.9 Å². The maximum Gasteiger partial charge on any atom is 0.164 e. The Bertz CT molecular complexity index is 1440. The van der Waals surface area contributed by atoms with Gasteiger partial charge in [-0.25, -0.2) is 18.1 Å². The van der Waals surface area contributed by atoms with Crippen molar-refractivity contribution in [2.45, 2.75) is 19.8 Å². The van der Waals surface area contributed by atoms with Crippen LogP contribution in [-0.2, 0) is 9.84 Å². The Hall–Kier alpha value is -2.55. The molecule has 6 nitrogen and oxygen atoms in total. The van der Waals surface area contributed by atoms with Gasteiger partial charge in [-0.05, 0) is 30.0 Å². The van der Waals surface area contributed by atoms with Crippen LogP contribution < -0.4 is 0 Å². The number of Topliss-reactive ketones (excluding diaryl/α,β-unsaturated/α-hetero) is 1. The minimum Gasteiger partial charge on any atom is -0.294 e. The largest absolute Gasteiger partial charge is 0.294 e. The number of ketones is 1. The summed E-state index contributed by atoms with van der Waals surface area (Å²) in [5.41, 5.74) is 4.00. The third-order valence-corrected chi connectivity index (χ3v) is 8.81. The summed E-state index contributed by atoms with van der Waals surface area (Å²) in [5, 5.41) is 8.12. The highest BCUT2D eigenvalue weighted by Gasteiger charge is 2.40. The van der Waals surface area contributed by atoms with E-state index in [4.69, 9.17) is 16.7 Å². The first-order chi connectivity index (χ1) is 15.2. The van der Waals surface area contributed by atoms with Crippen molar-refractivity contribution < 1.29 is 13.2 Å². The lowest BCUT2D eigenvalue weighted by Gasteiger charge is -2.20. The van der Waals surface area contributed by atoms with Gasteiger partial charge in [-0.15, -0.1) is 11.3 Å². The summed E-state index contributed by atoms with van der Waals surface area (Å²) < 4.78 is 25.6. The number of fused-ring (bicyclic) bond motifs is 1. The van der Waals surface area contributed by atoms with Gasteiger partial charge in [0.25, 0.3) is 0 Å². The molecule has 9 heteroatoms. The third kappa shape index (κ3) is 3.87. The zero-order valence-electron chi connectivity index (χ0n) is 17.3. The minimum absolute atomic E-state index is 0.0569. The van der Waals surface area contributed by atoms with Gasteiger partial charge in [-0.2, -0.15) is 5.10 Å². The van der Waals surface area contributed by atoms with Gasteiger partial charge in [-0.3, -0.25) is 4.79 Å². The molecule has 1 aliphatic heterocycles. The quantitative estimate of drug-likeness (QED) is 0.363. The lowest BCUT2D eigenvalue weighted by atomic mass is 9.83. The van der Waals surface area contributed by atoms with E-state index >= 15 is 0 Å². The Morgan fingerprint density at radius 2 is 2.06 bits per heavy atom. The summed E-state index contributed by atoms with van der Waals surface area (Å²) in [6.45, 7) is 1.88. The standard InChI is InChI=1S/C23H20ClN3O3S2/c1-23(8-9-32(29,30)13-23)11-20(28)15-6-7-17-19(10-15)27(21-12-31-14-25-21)26-22(17)16-4-2-3-5-18(16)24/h2-7,10,12,14H,8-9,11,13H2,1H3. The number of aromatic nitrogens is 3. The van der Waals surface area contributed by atoms with Gasteiger partial charge in [0.1, 0.15) is 5.69 Å². The molecular weight excluding hydrogens is 466 g/mol.